The standard InChI is InChI=1S/C17H21N3O5/c1-22-13-7-12(8-14(9-13)23-2)18-17(21)16-10-15(25-19-16)11-20-3-5-24-6-4-20/h7-10H,3-6,11H2,1-2H3,(H,18,21). The first-order valence-electron chi connectivity index (χ1n) is 7.98. The Balaban J connectivity index is 1.65. The van der Waals surface area contributed by atoms with Crippen LogP contribution in [0.1, 0.15) is 16.2 Å². The molecule has 1 aliphatic heterocycles. The van der Waals surface area contributed by atoms with Gasteiger partial charge >= 0.3 is 0 Å². The molecule has 0 spiro atoms. The Morgan fingerprint density at radius 1 is 1.16 bits per heavy atom. The van der Waals surface area contributed by atoms with Crippen LogP contribution in [0.5, 0.6) is 11.5 Å². The maximum Gasteiger partial charge on any atom is 0.277 e. The summed E-state index contributed by atoms with van der Waals surface area (Å²) in [6, 6.07) is 6.79. The molecule has 8 nitrogen and oxygen atoms in total. The lowest BCUT2D eigenvalue weighted by atomic mass is 10.2. The van der Waals surface area contributed by atoms with Crippen molar-refractivity contribution in [3.8, 4) is 11.5 Å². The molecule has 2 heterocycles. The van der Waals surface area contributed by atoms with Gasteiger partial charge in [-0.15, -0.1) is 0 Å². The molecule has 0 bridgehead atoms. The van der Waals surface area contributed by atoms with E-state index in [0.29, 0.717) is 42.7 Å². The van der Waals surface area contributed by atoms with Crippen molar-refractivity contribution >= 4 is 11.6 Å². The minimum absolute atomic E-state index is 0.227. The van der Waals surface area contributed by atoms with Gasteiger partial charge in [-0.1, -0.05) is 5.16 Å². The summed E-state index contributed by atoms with van der Waals surface area (Å²) in [5, 5.41) is 6.63. The highest BCUT2D eigenvalue weighted by Gasteiger charge is 2.17. The van der Waals surface area contributed by atoms with Crippen LogP contribution >= 0.6 is 0 Å². The molecule has 3 rings (SSSR count). The molecule has 0 unspecified atom stereocenters. The van der Waals surface area contributed by atoms with Crippen molar-refractivity contribution < 1.29 is 23.5 Å². The number of anilines is 1. The molecular formula is C17H21N3O5. The van der Waals surface area contributed by atoms with Gasteiger partial charge in [-0.2, -0.15) is 0 Å². The highest BCUT2D eigenvalue weighted by Crippen LogP contribution is 2.26. The number of hydrogen-bond acceptors (Lipinski definition) is 7. The lowest BCUT2D eigenvalue weighted by Crippen LogP contribution is -2.35. The molecule has 1 aromatic carbocycles. The fourth-order valence-electron chi connectivity index (χ4n) is 2.55. The lowest BCUT2D eigenvalue weighted by Gasteiger charge is -2.25. The summed E-state index contributed by atoms with van der Waals surface area (Å²) < 4.78 is 21.0. The van der Waals surface area contributed by atoms with Crippen LogP contribution in [0.3, 0.4) is 0 Å². The Kier molecular flexibility index (Phi) is 5.52. The average molecular weight is 347 g/mol. The van der Waals surface area contributed by atoms with E-state index in [4.69, 9.17) is 18.7 Å². The van der Waals surface area contributed by atoms with E-state index < -0.39 is 0 Å². The number of carbonyl (C=O) groups excluding carboxylic acids is 1. The van der Waals surface area contributed by atoms with Gasteiger partial charge in [-0.05, 0) is 0 Å². The second kappa shape index (κ2) is 8.00. The second-order valence-electron chi connectivity index (χ2n) is 5.62. The molecule has 1 saturated heterocycles. The number of rotatable bonds is 6. The number of benzene rings is 1. The van der Waals surface area contributed by atoms with Crippen molar-refractivity contribution in [3.63, 3.8) is 0 Å². The maximum atomic E-state index is 12.4. The van der Waals surface area contributed by atoms with Crippen molar-refractivity contribution in [2.24, 2.45) is 0 Å². The number of morpholine rings is 1. The fourth-order valence-corrected chi connectivity index (χ4v) is 2.55. The van der Waals surface area contributed by atoms with Crippen molar-refractivity contribution in [2.45, 2.75) is 6.54 Å². The molecule has 1 N–H and O–H groups in total. The third-order valence-corrected chi connectivity index (χ3v) is 3.88. The predicted molar refractivity (Wildman–Crippen MR) is 90.1 cm³/mol. The third kappa shape index (κ3) is 4.49. The van der Waals surface area contributed by atoms with E-state index >= 15 is 0 Å². The van der Waals surface area contributed by atoms with Crippen molar-refractivity contribution in [3.05, 3.63) is 35.7 Å². The molecule has 1 aliphatic rings. The van der Waals surface area contributed by atoms with E-state index in [2.05, 4.69) is 15.4 Å². The quantitative estimate of drug-likeness (QED) is 0.852. The lowest BCUT2D eigenvalue weighted by molar-refractivity contribution is 0.0305. The number of ether oxygens (including phenoxy) is 3. The van der Waals surface area contributed by atoms with E-state index in [1.54, 1.807) is 38.5 Å². The van der Waals surface area contributed by atoms with Crippen molar-refractivity contribution in [1.29, 1.82) is 0 Å². The molecule has 0 aliphatic carbocycles. The SMILES string of the molecule is COc1cc(NC(=O)c2cc(CN3CCOCC3)on2)cc(OC)c1. The fraction of sp³-hybridized carbons (Fsp3) is 0.412. The maximum absolute atomic E-state index is 12.4. The monoisotopic (exact) mass is 347 g/mol. The number of hydrogen-bond donors (Lipinski definition) is 1. The Morgan fingerprint density at radius 3 is 2.48 bits per heavy atom. The van der Waals surface area contributed by atoms with Gasteiger partial charge in [0, 0.05) is 43.0 Å². The van der Waals surface area contributed by atoms with Crippen LogP contribution in [0.25, 0.3) is 0 Å². The van der Waals surface area contributed by atoms with Crippen LogP contribution in [0.15, 0.2) is 28.8 Å². The molecule has 2 aromatic rings. The first-order chi connectivity index (χ1) is 12.2. The van der Waals surface area contributed by atoms with Gasteiger partial charge in [0.1, 0.15) is 11.5 Å². The van der Waals surface area contributed by atoms with Crippen LogP contribution in [0.2, 0.25) is 0 Å². The Labute approximate surface area is 145 Å². The zero-order chi connectivity index (χ0) is 17.6. The van der Waals surface area contributed by atoms with E-state index in [1.807, 2.05) is 0 Å². The number of methoxy groups -OCH3 is 2. The molecular weight excluding hydrogens is 326 g/mol. The number of aromatic nitrogens is 1. The minimum atomic E-state index is -0.354. The Morgan fingerprint density at radius 2 is 1.84 bits per heavy atom. The summed E-state index contributed by atoms with van der Waals surface area (Å²) in [6.07, 6.45) is 0. The molecule has 1 fully saturated rings. The van der Waals surface area contributed by atoms with Gasteiger partial charge in [0.25, 0.3) is 5.91 Å². The molecule has 0 saturated carbocycles. The summed E-state index contributed by atoms with van der Waals surface area (Å²) in [6.45, 7) is 3.70. The number of nitrogens with one attached hydrogen (secondary N) is 1. The van der Waals surface area contributed by atoms with E-state index in [1.165, 1.54) is 0 Å². The van der Waals surface area contributed by atoms with Gasteiger partial charge in [0.2, 0.25) is 0 Å². The highest BCUT2D eigenvalue weighted by molar-refractivity contribution is 6.03. The van der Waals surface area contributed by atoms with Crippen molar-refractivity contribution in [2.75, 3.05) is 45.8 Å². The number of nitrogens with zero attached hydrogens (tertiary/aromatic N) is 2. The first kappa shape index (κ1) is 17.2. The van der Waals surface area contributed by atoms with Gasteiger partial charge < -0.3 is 24.1 Å². The van der Waals surface area contributed by atoms with E-state index in [9.17, 15) is 4.79 Å². The largest absolute Gasteiger partial charge is 0.497 e. The molecule has 0 atom stereocenters. The third-order valence-electron chi connectivity index (χ3n) is 3.88. The van der Waals surface area contributed by atoms with Crippen molar-refractivity contribution in [1.82, 2.24) is 10.1 Å². The summed E-state index contributed by atoms with van der Waals surface area (Å²) >= 11 is 0. The van der Waals surface area contributed by atoms with Crippen LogP contribution in [-0.2, 0) is 11.3 Å². The Bertz CT molecular complexity index is 703. The number of amides is 1. The molecule has 0 radical (unpaired) electrons. The van der Waals surface area contributed by atoms with Crippen LogP contribution < -0.4 is 14.8 Å². The first-order valence-corrected chi connectivity index (χ1v) is 7.98. The van der Waals surface area contributed by atoms with Crippen LogP contribution in [-0.4, -0.2) is 56.5 Å². The molecule has 8 heteroatoms. The minimum Gasteiger partial charge on any atom is -0.497 e. The normalized spacial score (nSPS) is 15.0. The van der Waals surface area contributed by atoms with Crippen LogP contribution in [0, 0.1) is 0 Å². The van der Waals surface area contributed by atoms with Crippen LogP contribution in [0.4, 0.5) is 5.69 Å². The molecule has 25 heavy (non-hydrogen) atoms. The summed E-state index contributed by atoms with van der Waals surface area (Å²) in [7, 11) is 3.10. The van der Waals surface area contributed by atoms with Gasteiger partial charge in [-0.25, -0.2) is 0 Å². The molecule has 1 aromatic heterocycles. The highest BCUT2D eigenvalue weighted by atomic mass is 16.5. The van der Waals surface area contributed by atoms with Gasteiger partial charge in [0.05, 0.1) is 34.0 Å². The predicted octanol–water partition coefficient (Wildman–Crippen LogP) is 1.78. The molecule has 134 valence electrons. The van der Waals surface area contributed by atoms with Gasteiger partial charge in [-0.3, -0.25) is 9.69 Å². The zero-order valence-electron chi connectivity index (χ0n) is 14.3. The molecule has 1 amide bonds. The smallest absolute Gasteiger partial charge is 0.277 e. The van der Waals surface area contributed by atoms with E-state index in [0.717, 1.165) is 13.1 Å². The summed E-state index contributed by atoms with van der Waals surface area (Å²) in [5.41, 5.74) is 0.781. The summed E-state index contributed by atoms with van der Waals surface area (Å²) in [5.74, 6) is 1.47. The second-order valence-corrected chi connectivity index (χ2v) is 5.62. The number of carbonyl (C=O) groups is 1. The topological polar surface area (TPSA) is 86.1 Å². The van der Waals surface area contributed by atoms with E-state index in [-0.39, 0.29) is 11.6 Å². The van der Waals surface area contributed by atoms with Gasteiger partial charge in [0.15, 0.2) is 11.5 Å². The Hall–Kier alpha value is -2.58. The summed E-state index contributed by atoms with van der Waals surface area (Å²) in [4.78, 5) is 14.6. The average Bonchev–Trinajstić information content (AvgIpc) is 3.10. The zero-order valence-corrected chi connectivity index (χ0v) is 14.3.